The van der Waals surface area contributed by atoms with E-state index < -0.39 is 0 Å². The Balaban J connectivity index is 1.39. The number of likely N-dealkylation sites (tertiary alicyclic amines) is 1. The van der Waals surface area contributed by atoms with Gasteiger partial charge in [-0.3, -0.25) is 0 Å². The summed E-state index contributed by atoms with van der Waals surface area (Å²) in [6.07, 6.45) is 12.8. The Labute approximate surface area is 159 Å². The molecule has 2 N–H and O–H groups in total. The predicted octanol–water partition coefficient (Wildman–Crippen LogP) is 3.02. The van der Waals surface area contributed by atoms with Crippen molar-refractivity contribution in [3.05, 3.63) is 23.9 Å². The summed E-state index contributed by atoms with van der Waals surface area (Å²) in [4.78, 5) is 4.68. The molecule has 148 valence electrons. The van der Waals surface area contributed by atoms with E-state index in [4.69, 9.17) is 0 Å². The molecule has 1 saturated carbocycles. The molecule has 26 heavy (non-hydrogen) atoms. The number of hydrogen-bond acceptors (Lipinski definition) is 4. The monoisotopic (exact) mass is 362 g/mol. The molecule has 3 unspecified atom stereocenters. The van der Waals surface area contributed by atoms with Crippen molar-refractivity contribution < 1.29 is 10.2 Å². The maximum absolute atomic E-state index is 10.7. The van der Waals surface area contributed by atoms with Crippen molar-refractivity contribution in [1.29, 1.82) is 0 Å². The van der Waals surface area contributed by atoms with Crippen molar-refractivity contribution >= 4 is 0 Å². The van der Waals surface area contributed by atoms with Crippen molar-refractivity contribution in [2.75, 3.05) is 32.7 Å². The minimum absolute atomic E-state index is 0.198. The molecule has 3 aliphatic rings. The van der Waals surface area contributed by atoms with E-state index in [-0.39, 0.29) is 12.2 Å². The molecule has 0 bridgehead atoms. The minimum Gasteiger partial charge on any atom is -0.392 e. The average Bonchev–Trinajstić information content (AvgIpc) is 2.62. The van der Waals surface area contributed by atoms with Gasteiger partial charge in [0, 0.05) is 32.4 Å². The second kappa shape index (κ2) is 9.38. The fourth-order valence-electron chi connectivity index (χ4n) is 5.05. The Bertz CT molecular complexity index is 496. The molecule has 0 aromatic carbocycles. The highest BCUT2D eigenvalue weighted by Crippen LogP contribution is 2.33. The maximum atomic E-state index is 10.7. The van der Waals surface area contributed by atoms with Gasteiger partial charge < -0.3 is 20.0 Å². The Hall–Kier alpha value is -0.840. The van der Waals surface area contributed by atoms with Crippen molar-refractivity contribution in [2.45, 2.75) is 64.6 Å². The highest BCUT2D eigenvalue weighted by molar-refractivity contribution is 5.19. The summed E-state index contributed by atoms with van der Waals surface area (Å²) in [5.41, 5.74) is 1.25. The van der Waals surface area contributed by atoms with Crippen molar-refractivity contribution in [3.63, 3.8) is 0 Å². The van der Waals surface area contributed by atoms with Gasteiger partial charge in [-0.25, -0.2) is 0 Å². The summed E-state index contributed by atoms with van der Waals surface area (Å²) < 4.78 is 0. The van der Waals surface area contributed by atoms with Crippen LogP contribution in [0.2, 0.25) is 0 Å². The van der Waals surface area contributed by atoms with Gasteiger partial charge in [0.2, 0.25) is 0 Å². The first-order valence-corrected chi connectivity index (χ1v) is 10.7. The van der Waals surface area contributed by atoms with Gasteiger partial charge in [-0.2, -0.15) is 0 Å². The van der Waals surface area contributed by atoms with Crippen LogP contribution in [0.15, 0.2) is 23.9 Å². The van der Waals surface area contributed by atoms with E-state index in [9.17, 15) is 10.2 Å². The number of aliphatic hydroxyl groups is 2. The van der Waals surface area contributed by atoms with Crippen molar-refractivity contribution in [3.8, 4) is 0 Å². The number of hydrogen-bond donors (Lipinski definition) is 2. The van der Waals surface area contributed by atoms with Crippen molar-refractivity contribution in [2.24, 2.45) is 17.8 Å². The number of aliphatic hydroxyl groups excluding tert-OH is 2. The molecule has 2 aliphatic heterocycles. The first-order chi connectivity index (χ1) is 12.5. The summed E-state index contributed by atoms with van der Waals surface area (Å²) in [5, 5.41) is 21.4. The highest BCUT2D eigenvalue weighted by Gasteiger charge is 2.31. The predicted molar refractivity (Wildman–Crippen MR) is 107 cm³/mol. The second-order valence-electron chi connectivity index (χ2n) is 9.05. The van der Waals surface area contributed by atoms with Gasteiger partial charge >= 0.3 is 0 Å². The molecule has 1 aliphatic carbocycles. The van der Waals surface area contributed by atoms with E-state index in [2.05, 4.69) is 42.0 Å². The molecular formula is C22H38N2O2. The molecular weight excluding hydrogens is 324 g/mol. The largest absolute Gasteiger partial charge is 0.392 e. The lowest BCUT2D eigenvalue weighted by atomic mass is 9.77. The molecule has 4 heteroatoms. The zero-order valence-corrected chi connectivity index (χ0v) is 16.7. The van der Waals surface area contributed by atoms with Crippen LogP contribution in [0.4, 0.5) is 0 Å². The van der Waals surface area contributed by atoms with E-state index in [0.29, 0.717) is 11.8 Å². The van der Waals surface area contributed by atoms with Gasteiger partial charge in [-0.05, 0) is 75.3 Å². The van der Waals surface area contributed by atoms with Crippen LogP contribution in [0.25, 0.3) is 0 Å². The number of rotatable bonds is 6. The molecule has 1 saturated heterocycles. The van der Waals surface area contributed by atoms with Crippen LogP contribution in [0.5, 0.6) is 0 Å². The fraction of sp³-hybridized carbons (Fsp3) is 0.818. The summed E-state index contributed by atoms with van der Waals surface area (Å²) in [6, 6.07) is 0. The molecule has 2 heterocycles. The summed E-state index contributed by atoms with van der Waals surface area (Å²) in [7, 11) is 0. The van der Waals surface area contributed by atoms with Crippen LogP contribution in [0, 0.1) is 17.8 Å². The lowest BCUT2D eigenvalue weighted by Gasteiger charge is -2.38. The smallest absolute Gasteiger partial charge is 0.0743 e. The SMILES string of the molecule is CC1=CN(CC(O)C2CCC(C(O)CN3CCCC(C)C3)CC2)CC=C1. The molecule has 3 rings (SSSR count). The molecule has 0 aromatic rings. The van der Waals surface area contributed by atoms with Gasteiger partial charge in [0.15, 0.2) is 0 Å². The molecule has 4 nitrogen and oxygen atoms in total. The van der Waals surface area contributed by atoms with Crippen LogP contribution in [-0.2, 0) is 0 Å². The van der Waals surface area contributed by atoms with Gasteiger partial charge in [-0.15, -0.1) is 0 Å². The third-order valence-corrected chi connectivity index (χ3v) is 6.62. The van der Waals surface area contributed by atoms with Gasteiger partial charge in [-0.1, -0.05) is 19.1 Å². The van der Waals surface area contributed by atoms with E-state index in [1.165, 1.54) is 18.4 Å². The standard InChI is InChI=1S/C22H38N2O2/c1-17-5-3-11-23(13-17)15-21(25)19-7-9-20(10-8-19)22(26)16-24-12-4-6-18(2)14-24/h3,5,13,18-22,25-26H,4,6-12,14-16H2,1-2H3. The highest BCUT2D eigenvalue weighted by atomic mass is 16.3. The van der Waals surface area contributed by atoms with Gasteiger partial charge in [0.25, 0.3) is 0 Å². The maximum Gasteiger partial charge on any atom is 0.0743 e. The van der Waals surface area contributed by atoms with E-state index in [1.807, 2.05) is 0 Å². The van der Waals surface area contributed by atoms with Crippen LogP contribution in [-0.4, -0.2) is 64.9 Å². The Morgan fingerprint density at radius 2 is 1.69 bits per heavy atom. The minimum atomic E-state index is -0.258. The third kappa shape index (κ3) is 5.58. The number of piperidine rings is 1. The molecule has 0 radical (unpaired) electrons. The third-order valence-electron chi connectivity index (χ3n) is 6.62. The second-order valence-corrected chi connectivity index (χ2v) is 9.05. The molecule has 2 fully saturated rings. The first kappa shape index (κ1) is 19.9. The number of nitrogens with zero attached hydrogens (tertiary/aromatic N) is 2. The van der Waals surface area contributed by atoms with E-state index in [1.54, 1.807) is 0 Å². The lowest BCUT2D eigenvalue weighted by Crippen LogP contribution is -2.43. The Morgan fingerprint density at radius 1 is 1.04 bits per heavy atom. The topological polar surface area (TPSA) is 46.9 Å². The normalized spacial score (nSPS) is 33.0. The Kier molecular flexibility index (Phi) is 7.19. The zero-order chi connectivity index (χ0) is 18.5. The molecule has 0 spiro atoms. The van der Waals surface area contributed by atoms with Gasteiger partial charge in [0.05, 0.1) is 12.2 Å². The number of β-amino-alcohol motifs (C(OH)–C–C–N with tert-alkyl or cyclic N) is 2. The van der Waals surface area contributed by atoms with E-state index >= 15 is 0 Å². The van der Waals surface area contributed by atoms with Crippen LogP contribution >= 0.6 is 0 Å². The van der Waals surface area contributed by atoms with Crippen LogP contribution in [0.3, 0.4) is 0 Å². The molecule has 0 aromatic heterocycles. The van der Waals surface area contributed by atoms with Crippen molar-refractivity contribution in [1.82, 2.24) is 9.80 Å². The lowest BCUT2D eigenvalue weighted by molar-refractivity contribution is 0.00581. The zero-order valence-electron chi connectivity index (χ0n) is 16.7. The molecule has 3 atom stereocenters. The average molecular weight is 363 g/mol. The Morgan fingerprint density at radius 3 is 2.31 bits per heavy atom. The molecule has 0 amide bonds. The van der Waals surface area contributed by atoms with Crippen LogP contribution in [0.1, 0.15) is 52.4 Å². The summed E-state index contributed by atoms with van der Waals surface area (Å²) >= 11 is 0. The quantitative estimate of drug-likeness (QED) is 0.762. The number of allylic oxidation sites excluding steroid dienone is 2. The van der Waals surface area contributed by atoms with E-state index in [0.717, 1.165) is 64.3 Å². The van der Waals surface area contributed by atoms with Gasteiger partial charge in [0.1, 0.15) is 0 Å². The summed E-state index contributed by atoms with van der Waals surface area (Å²) in [6.45, 7) is 9.17. The van der Waals surface area contributed by atoms with Crippen LogP contribution < -0.4 is 0 Å². The summed E-state index contributed by atoms with van der Waals surface area (Å²) in [5.74, 6) is 1.56. The fourth-order valence-corrected chi connectivity index (χ4v) is 5.05. The first-order valence-electron chi connectivity index (χ1n) is 10.7.